The van der Waals surface area contributed by atoms with Gasteiger partial charge in [0.2, 0.25) is 0 Å². The molecule has 0 spiro atoms. The number of halogens is 1. The Bertz CT molecular complexity index is 491. The first-order valence-corrected chi connectivity index (χ1v) is 8.01. The number of hydrogen-bond acceptors (Lipinski definition) is 5. The van der Waals surface area contributed by atoms with Crippen LogP contribution in [-0.2, 0) is 4.74 Å². The van der Waals surface area contributed by atoms with Crippen LogP contribution in [0.5, 0.6) is 0 Å². The molecular formula is C14H21ClN2O2S. The lowest BCUT2D eigenvalue weighted by Crippen LogP contribution is -2.37. The van der Waals surface area contributed by atoms with Crippen molar-refractivity contribution in [3.8, 4) is 0 Å². The van der Waals surface area contributed by atoms with E-state index in [2.05, 4.69) is 23.7 Å². The predicted octanol–water partition coefficient (Wildman–Crippen LogP) is 3.99. The Kier molecular flexibility index (Phi) is 4.59. The summed E-state index contributed by atoms with van der Waals surface area (Å²) in [5, 5.41) is 1.03. The molecule has 0 saturated heterocycles. The maximum Gasteiger partial charge on any atom is 0.351 e. The van der Waals surface area contributed by atoms with Gasteiger partial charge in [0.15, 0.2) is 15.2 Å². The van der Waals surface area contributed by atoms with Gasteiger partial charge in [0.1, 0.15) is 0 Å². The summed E-state index contributed by atoms with van der Waals surface area (Å²) in [6.45, 7) is 4.64. The molecule has 20 heavy (non-hydrogen) atoms. The van der Waals surface area contributed by atoms with Crippen LogP contribution in [0.4, 0.5) is 5.13 Å². The molecule has 0 bridgehead atoms. The second-order valence-corrected chi connectivity index (χ2v) is 7.45. The zero-order valence-corrected chi connectivity index (χ0v) is 14.0. The molecule has 0 atom stereocenters. The average Bonchev–Trinajstić information content (AvgIpc) is 2.79. The van der Waals surface area contributed by atoms with E-state index < -0.39 is 5.97 Å². The van der Waals surface area contributed by atoms with Crippen molar-refractivity contribution in [3.05, 3.63) is 10.0 Å². The van der Waals surface area contributed by atoms with Crippen LogP contribution in [0, 0.1) is 5.41 Å². The molecule has 0 aliphatic heterocycles. The third-order valence-electron chi connectivity index (χ3n) is 4.10. The van der Waals surface area contributed by atoms with Crippen LogP contribution in [-0.4, -0.2) is 31.2 Å². The van der Waals surface area contributed by atoms with Crippen LogP contribution in [0.15, 0.2) is 0 Å². The van der Waals surface area contributed by atoms with E-state index in [0.717, 1.165) is 18.0 Å². The van der Waals surface area contributed by atoms with E-state index in [1.165, 1.54) is 31.3 Å². The summed E-state index contributed by atoms with van der Waals surface area (Å²) in [5.74, 6) is -0.420. The summed E-state index contributed by atoms with van der Waals surface area (Å²) in [7, 11) is 3.38. The SMILES string of the molecule is COC(=O)c1sc(N(C)C2CCC(C)(C)CC2)nc1Cl. The summed E-state index contributed by atoms with van der Waals surface area (Å²) >= 11 is 7.32. The molecule has 1 aliphatic carbocycles. The summed E-state index contributed by atoms with van der Waals surface area (Å²) in [4.78, 5) is 18.4. The van der Waals surface area contributed by atoms with Crippen molar-refractivity contribution < 1.29 is 9.53 Å². The lowest BCUT2D eigenvalue weighted by Gasteiger charge is -2.38. The minimum atomic E-state index is -0.420. The van der Waals surface area contributed by atoms with E-state index in [9.17, 15) is 4.79 Å². The van der Waals surface area contributed by atoms with Gasteiger partial charge in [0.25, 0.3) is 0 Å². The lowest BCUT2D eigenvalue weighted by atomic mass is 9.75. The Labute approximate surface area is 129 Å². The van der Waals surface area contributed by atoms with Gasteiger partial charge < -0.3 is 9.64 Å². The first-order valence-electron chi connectivity index (χ1n) is 6.81. The predicted molar refractivity (Wildman–Crippen MR) is 82.9 cm³/mol. The number of anilines is 1. The number of esters is 1. The first-order chi connectivity index (χ1) is 9.34. The highest BCUT2D eigenvalue weighted by atomic mass is 35.5. The van der Waals surface area contributed by atoms with Crippen molar-refractivity contribution in [2.24, 2.45) is 5.41 Å². The number of methoxy groups -OCH3 is 1. The topological polar surface area (TPSA) is 42.4 Å². The molecule has 112 valence electrons. The van der Waals surface area contributed by atoms with Crippen LogP contribution in [0.1, 0.15) is 49.2 Å². The van der Waals surface area contributed by atoms with E-state index in [1.54, 1.807) is 0 Å². The fourth-order valence-corrected chi connectivity index (χ4v) is 3.82. The van der Waals surface area contributed by atoms with Crippen LogP contribution in [0.25, 0.3) is 0 Å². The molecule has 0 radical (unpaired) electrons. The van der Waals surface area contributed by atoms with Gasteiger partial charge >= 0.3 is 5.97 Å². The Balaban J connectivity index is 2.10. The molecule has 0 N–H and O–H groups in total. The molecule has 1 saturated carbocycles. The molecule has 1 fully saturated rings. The highest BCUT2D eigenvalue weighted by Gasteiger charge is 2.30. The fraction of sp³-hybridized carbons (Fsp3) is 0.714. The zero-order valence-electron chi connectivity index (χ0n) is 12.4. The average molecular weight is 317 g/mol. The first kappa shape index (κ1) is 15.6. The number of nitrogens with zero attached hydrogens (tertiary/aromatic N) is 2. The summed E-state index contributed by atoms with van der Waals surface area (Å²) < 4.78 is 4.71. The van der Waals surface area contributed by atoms with Gasteiger partial charge in [-0.15, -0.1) is 0 Å². The molecule has 2 rings (SSSR count). The van der Waals surface area contributed by atoms with Gasteiger partial charge in [-0.25, -0.2) is 9.78 Å². The molecule has 6 heteroatoms. The van der Waals surface area contributed by atoms with E-state index >= 15 is 0 Å². The molecule has 1 aliphatic rings. The molecule has 1 aromatic heterocycles. The minimum absolute atomic E-state index is 0.236. The Morgan fingerprint density at radius 3 is 2.60 bits per heavy atom. The largest absolute Gasteiger partial charge is 0.465 e. The number of thiazole rings is 1. The molecule has 0 aromatic carbocycles. The van der Waals surface area contributed by atoms with E-state index in [0.29, 0.717) is 16.3 Å². The van der Waals surface area contributed by atoms with Crippen molar-refractivity contribution in [1.29, 1.82) is 0 Å². The number of rotatable bonds is 3. The maximum absolute atomic E-state index is 11.6. The normalized spacial score (nSPS) is 18.9. The number of ether oxygens (including phenoxy) is 1. The van der Waals surface area contributed by atoms with E-state index in [-0.39, 0.29) is 5.15 Å². The minimum Gasteiger partial charge on any atom is -0.465 e. The van der Waals surface area contributed by atoms with Gasteiger partial charge in [0.05, 0.1) is 7.11 Å². The number of aromatic nitrogens is 1. The summed E-state index contributed by atoms with van der Waals surface area (Å²) in [6, 6.07) is 0.468. The lowest BCUT2D eigenvalue weighted by molar-refractivity contribution is 0.0606. The van der Waals surface area contributed by atoms with Gasteiger partial charge in [-0.2, -0.15) is 0 Å². The van der Waals surface area contributed by atoms with Crippen LogP contribution in [0.2, 0.25) is 5.15 Å². The van der Waals surface area contributed by atoms with Gasteiger partial charge in [-0.1, -0.05) is 36.8 Å². The van der Waals surface area contributed by atoms with E-state index in [1.807, 2.05) is 7.05 Å². The van der Waals surface area contributed by atoms with Gasteiger partial charge in [-0.3, -0.25) is 0 Å². The Hall–Kier alpha value is -0.810. The standard InChI is InChI=1S/C14H21ClN2O2S/c1-14(2)7-5-9(6-8-14)17(3)13-16-11(15)10(20-13)12(18)19-4/h9H,5-8H2,1-4H3. The van der Waals surface area contributed by atoms with Crippen molar-refractivity contribution in [1.82, 2.24) is 4.98 Å². The molecule has 0 amide bonds. The fourth-order valence-electron chi connectivity index (χ4n) is 2.59. The van der Waals surface area contributed by atoms with Gasteiger partial charge in [0, 0.05) is 13.1 Å². The molecule has 1 heterocycles. The quantitative estimate of drug-likeness (QED) is 0.791. The van der Waals surface area contributed by atoms with Crippen molar-refractivity contribution >= 4 is 34.0 Å². The van der Waals surface area contributed by atoms with Gasteiger partial charge in [-0.05, 0) is 31.1 Å². The summed E-state index contributed by atoms with van der Waals surface area (Å²) in [6.07, 6.45) is 4.72. The van der Waals surface area contributed by atoms with Crippen LogP contribution in [0.3, 0.4) is 0 Å². The smallest absolute Gasteiger partial charge is 0.351 e. The Morgan fingerprint density at radius 1 is 1.45 bits per heavy atom. The van der Waals surface area contributed by atoms with Crippen LogP contribution >= 0.6 is 22.9 Å². The summed E-state index contributed by atoms with van der Waals surface area (Å²) in [5.41, 5.74) is 0.440. The molecule has 4 nitrogen and oxygen atoms in total. The second kappa shape index (κ2) is 5.90. The maximum atomic E-state index is 11.6. The molecule has 1 aromatic rings. The molecule has 0 unspecified atom stereocenters. The monoisotopic (exact) mass is 316 g/mol. The zero-order chi connectivity index (χ0) is 14.9. The Morgan fingerprint density at radius 2 is 2.05 bits per heavy atom. The van der Waals surface area contributed by atoms with Crippen molar-refractivity contribution in [2.75, 3.05) is 19.1 Å². The third kappa shape index (κ3) is 3.26. The second-order valence-electron chi connectivity index (χ2n) is 6.11. The number of carbonyl (C=O) groups excluding carboxylic acids is 1. The highest BCUT2D eigenvalue weighted by molar-refractivity contribution is 7.18. The highest BCUT2D eigenvalue weighted by Crippen LogP contribution is 2.39. The van der Waals surface area contributed by atoms with Crippen molar-refractivity contribution in [3.63, 3.8) is 0 Å². The third-order valence-corrected chi connectivity index (χ3v) is 5.61. The van der Waals surface area contributed by atoms with E-state index in [4.69, 9.17) is 16.3 Å². The number of hydrogen-bond donors (Lipinski definition) is 0. The van der Waals surface area contributed by atoms with Crippen LogP contribution < -0.4 is 4.90 Å². The number of carbonyl (C=O) groups is 1. The molecular weight excluding hydrogens is 296 g/mol. The van der Waals surface area contributed by atoms with Crippen molar-refractivity contribution in [2.45, 2.75) is 45.6 Å².